The Bertz CT molecular complexity index is 617. The van der Waals surface area contributed by atoms with Gasteiger partial charge in [-0.25, -0.2) is 4.98 Å². The lowest BCUT2D eigenvalue weighted by atomic mass is 10.1. The highest BCUT2D eigenvalue weighted by atomic mass is 35.5. The molecule has 0 amide bonds. The number of nitro groups is 1. The summed E-state index contributed by atoms with van der Waals surface area (Å²) < 4.78 is 0. The van der Waals surface area contributed by atoms with Crippen LogP contribution in [0.1, 0.15) is 6.92 Å². The molecule has 2 rings (SSSR count). The van der Waals surface area contributed by atoms with Gasteiger partial charge < -0.3 is 5.32 Å². The standard InChI is InChI=1S/C13H12ClN3O2/c1-2-15-13-8-11(17(18)19)7-12(16-13)9-4-3-5-10(14)6-9/h3-8H,2H2,1H3,(H,15,16). The molecule has 1 heterocycles. The van der Waals surface area contributed by atoms with E-state index >= 15 is 0 Å². The normalized spacial score (nSPS) is 10.2. The van der Waals surface area contributed by atoms with Crippen LogP contribution in [-0.2, 0) is 0 Å². The van der Waals surface area contributed by atoms with Gasteiger partial charge in [0.25, 0.3) is 5.69 Å². The first kappa shape index (κ1) is 13.3. The van der Waals surface area contributed by atoms with E-state index in [1.807, 2.05) is 13.0 Å². The lowest BCUT2D eigenvalue weighted by Gasteiger charge is -2.06. The van der Waals surface area contributed by atoms with Crippen molar-refractivity contribution in [3.05, 3.63) is 51.5 Å². The predicted octanol–water partition coefficient (Wildman–Crippen LogP) is 3.74. The van der Waals surface area contributed by atoms with Crippen molar-refractivity contribution in [3.8, 4) is 11.3 Å². The first-order chi connectivity index (χ1) is 9.10. The third-order valence-corrected chi connectivity index (χ3v) is 2.73. The lowest BCUT2D eigenvalue weighted by Crippen LogP contribution is -2.01. The van der Waals surface area contributed by atoms with Crippen LogP contribution in [0.4, 0.5) is 11.5 Å². The van der Waals surface area contributed by atoms with E-state index in [1.54, 1.807) is 18.2 Å². The van der Waals surface area contributed by atoms with Gasteiger partial charge in [-0.15, -0.1) is 0 Å². The molecule has 0 aliphatic carbocycles. The van der Waals surface area contributed by atoms with Crippen LogP contribution < -0.4 is 5.32 Å². The van der Waals surface area contributed by atoms with E-state index < -0.39 is 4.92 Å². The third kappa shape index (κ3) is 3.20. The average molecular weight is 278 g/mol. The molecule has 1 aromatic heterocycles. The molecule has 0 saturated carbocycles. The molecular weight excluding hydrogens is 266 g/mol. The number of anilines is 1. The smallest absolute Gasteiger partial charge is 0.275 e. The molecule has 0 radical (unpaired) electrons. The van der Waals surface area contributed by atoms with Crippen LogP contribution in [0.3, 0.4) is 0 Å². The van der Waals surface area contributed by atoms with Gasteiger partial charge in [-0.05, 0) is 19.1 Å². The molecule has 1 aromatic carbocycles. The van der Waals surface area contributed by atoms with Crippen molar-refractivity contribution in [1.29, 1.82) is 0 Å². The highest BCUT2D eigenvalue weighted by molar-refractivity contribution is 6.30. The first-order valence-electron chi connectivity index (χ1n) is 5.76. The molecule has 0 aliphatic rings. The van der Waals surface area contributed by atoms with Crippen LogP contribution in [0, 0.1) is 10.1 Å². The summed E-state index contributed by atoms with van der Waals surface area (Å²) in [5, 5.41) is 14.5. The van der Waals surface area contributed by atoms with E-state index in [2.05, 4.69) is 10.3 Å². The Kier molecular flexibility index (Phi) is 3.97. The van der Waals surface area contributed by atoms with Crippen molar-refractivity contribution in [2.45, 2.75) is 6.92 Å². The highest BCUT2D eigenvalue weighted by Gasteiger charge is 2.12. The molecule has 1 N–H and O–H groups in total. The van der Waals surface area contributed by atoms with E-state index in [4.69, 9.17) is 11.6 Å². The van der Waals surface area contributed by atoms with Crippen molar-refractivity contribution < 1.29 is 4.92 Å². The number of rotatable bonds is 4. The number of pyridine rings is 1. The summed E-state index contributed by atoms with van der Waals surface area (Å²) in [4.78, 5) is 14.8. The number of nitrogens with one attached hydrogen (secondary N) is 1. The summed E-state index contributed by atoms with van der Waals surface area (Å²) in [7, 11) is 0. The van der Waals surface area contributed by atoms with Gasteiger partial charge in [-0.3, -0.25) is 10.1 Å². The summed E-state index contributed by atoms with van der Waals surface area (Å²) in [6.45, 7) is 2.54. The molecule has 0 bridgehead atoms. The van der Waals surface area contributed by atoms with E-state index in [0.717, 1.165) is 5.56 Å². The van der Waals surface area contributed by atoms with E-state index in [-0.39, 0.29) is 5.69 Å². The minimum atomic E-state index is -0.434. The quantitative estimate of drug-likeness (QED) is 0.683. The number of nitrogens with zero attached hydrogens (tertiary/aromatic N) is 2. The molecule has 6 heteroatoms. The van der Waals surface area contributed by atoms with Crippen LogP contribution in [0.25, 0.3) is 11.3 Å². The zero-order chi connectivity index (χ0) is 13.8. The molecule has 0 atom stereocenters. The Morgan fingerprint density at radius 1 is 1.37 bits per heavy atom. The summed E-state index contributed by atoms with van der Waals surface area (Å²) in [5.41, 5.74) is 1.27. The molecular formula is C13H12ClN3O2. The maximum atomic E-state index is 10.9. The van der Waals surface area contributed by atoms with Crippen molar-refractivity contribution in [2.75, 3.05) is 11.9 Å². The largest absolute Gasteiger partial charge is 0.370 e. The minimum Gasteiger partial charge on any atom is -0.370 e. The van der Waals surface area contributed by atoms with Gasteiger partial charge in [0.05, 0.1) is 16.7 Å². The van der Waals surface area contributed by atoms with Crippen molar-refractivity contribution >= 4 is 23.1 Å². The van der Waals surface area contributed by atoms with Crippen molar-refractivity contribution in [3.63, 3.8) is 0 Å². The SMILES string of the molecule is CCNc1cc([N+](=O)[O-])cc(-c2cccc(Cl)c2)n1. The maximum absolute atomic E-state index is 10.9. The van der Waals surface area contributed by atoms with Crippen LogP contribution in [0.15, 0.2) is 36.4 Å². The second-order valence-corrected chi connectivity index (χ2v) is 4.33. The zero-order valence-electron chi connectivity index (χ0n) is 10.3. The Morgan fingerprint density at radius 3 is 2.79 bits per heavy atom. The first-order valence-corrected chi connectivity index (χ1v) is 6.14. The molecule has 0 unspecified atom stereocenters. The van der Waals surface area contributed by atoms with Gasteiger partial charge in [-0.2, -0.15) is 0 Å². The summed E-state index contributed by atoms with van der Waals surface area (Å²) in [6.07, 6.45) is 0. The Balaban J connectivity index is 2.52. The zero-order valence-corrected chi connectivity index (χ0v) is 11.0. The van der Waals surface area contributed by atoms with Gasteiger partial charge >= 0.3 is 0 Å². The van der Waals surface area contributed by atoms with Gasteiger partial charge in [0.15, 0.2) is 0 Å². The predicted molar refractivity (Wildman–Crippen MR) is 75.5 cm³/mol. The monoisotopic (exact) mass is 277 g/mol. The second-order valence-electron chi connectivity index (χ2n) is 3.89. The molecule has 98 valence electrons. The highest BCUT2D eigenvalue weighted by Crippen LogP contribution is 2.26. The number of aromatic nitrogens is 1. The van der Waals surface area contributed by atoms with E-state index in [1.165, 1.54) is 12.1 Å². The molecule has 0 fully saturated rings. The van der Waals surface area contributed by atoms with Crippen LogP contribution >= 0.6 is 11.6 Å². The van der Waals surface area contributed by atoms with Crippen LogP contribution in [-0.4, -0.2) is 16.5 Å². The van der Waals surface area contributed by atoms with Gasteiger partial charge in [0.2, 0.25) is 0 Å². The van der Waals surface area contributed by atoms with Crippen LogP contribution in [0.5, 0.6) is 0 Å². The van der Waals surface area contributed by atoms with E-state index in [0.29, 0.717) is 23.1 Å². The number of halogens is 1. The lowest BCUT2D eigenvalue weighted by molar-refractivity contribution is -0.384. The molecule has 5 nitrogen and oxygen atoms in total. The molecule has 2 aromatic rings. The number of hydrogen-bond donors (Lipinski definition) is 1. The molecule has 0 saturated heterocycles. The Morgan fingerprint density at radius 2 is 2.16 bits per heavy atom. The van der Waals surface area contributed by atoms with Gasteiger partial charge in [0.1, 0.15) is 5.82 Å². The number of benzene rings is 1. The van der Waals surface area contributed by atoms with Crippen molar-refractivity contribution in [2.24, 2.45) is 0 Å². The topological polar surface area (TPSA) is 68.1 Å². The fraction of sp³-hybridized carbons (Fsp3) is 0.154. The van der Waals surface area contributed by atoms with Crippen molar-refractivity contribution in [1.82, 2.24) is 4.98 Å². The Labute approximate surface area is 115 Å². The van der Waals surface area contributed by atoms with Crippen LogP contribution in [0.2, 0.25) is 5.02 Å². The third-order valence-electron chi connectivity index (χ3n) is 2.50. The molecule has 19 heavy (non-hydrogen) atoms. The minimum absolute atomic E-state index is 0.000857. The average Bonchev–Trinajstić information content (AvgIpc) is 2.38. The maximum Gasteiger partial charge on any atom is 0.275 e. The summed E-state index contributed by atoms with van der Waals surface area (Å²) >= 11 is 5.92. The second kappa shape index (κ2) is 5.67. The molecule has 0 spiro atoms. The summed E-state index contributed by atoms with van der Waals surface area (Å²) in [6, 6.07) is 9.92. The van der Waals surface area contributed by atoms with Gasteiger partial charge in [-0.1, -0.05) is 23.7 Å². The van der Waals surface area contributed by atoms with E-state index in [9.17, 15) is 10.1 Å². The molecule has 0 aliphatic heterocycles. The van der Waals surface area contributed by atoms with Gasteiger partial charge in [0, 0.05) is 23.2 Å². The number of hydrogen-bond acceptors (Lipinski definition) is 4. The Hall–Kier alpha value is -2.14. The fourth-order valence-corrected chi connectivity index (χ4v) is 1.88. The summed E-state index contributed by atoms with van der Waals surface area (Å²) in [5.74, 6) is 0.478. The fourth-order valence-electron chi connectivity index (χ4n) is 1.69.